The number of hydrogen-bond acceptors (Lipinski definition) is 6. The van der Waals surface area contributed by atoms with Crippen molar-refractivity contribution in [2.24, 2.45) is 13.0 Å². The van der Waals surface area contributed by atoms with Gasteiger partial charge in [0, 0.05) is 38.8 Å². The molecule has 0 aromatic carbocycles. The Balaban J connectivity index is 1.29. The van der Waals surface area contributed by atoms with E-state index in [1.54, 1.807) is 17.9 Å². The first-order valence-corrected chi connectivity index (χ1v) is 8.60. The van der Waals surface area contributed by atoms with E-state index in [0.717, 1.165) is 37.4 Å². The van der Waals surface area contributed by atoms with Gasteiger partial charge in [0.25, 0.3) is 5.91 Å². The van der Waals surface area contributed by atoms with Crippen LogP contribution in [0.2, 0.25) is 0 Å². The number of nitrogens with zero attached hydrogens (tertiary/aromatic N) is 5. The molecular formula is C17H22N6O2. The summed E-state index contributed by atoms with van der Waals surface area (Å²) in [5, 5.41) is 15.7. The summed E-state index contributed by atoms with van der Waals surface area (Å²) in [6.07, 6.45) is 5.01. The fourth-order valence-electron chi connectivity index (χ4n) is 3.46. The second-order valence-corrected chi connectivity index (χ2v) is 6.73. The molecule has 2 aliphatic rings. The topological polar surface area (TPSA) is 85.2 Å². The number of aromatic nitrogens is 4. The number of carbonyl (C=O) groups excluding carboxylic acids is 1. The Kier molecular flexibility index (Phi) is 4.03. The highest BCUT2D eigenvalue weighted by molar-refractivity contribution is 5.96. The number of anilines is 1. The van der Waals surface area contributed by atoms with E-state index in [9.17, 15) is 4.79 Å². The first-order valence-electron chi connectivity index (χ1n) is 8.60. The van der Waals surface area contributed by atoms with E-state index in [1.807, 2.05) is 0 Å². The van der Waals surface area contributed by atoms with Crippen molar-refractivity contribution in [3.63, 3.8) is 0 Å². The van der Waals surface area contributed by atoms with Gasteiger partial charge in [-0.1, -0.05) is 0 Å². The molecule has 0 saturated carbocycles. The highest BCUT2D eigenvalue weighted by atomic mass is 16.5. The quantitative estimate of drug-likeness (QED) is 0.855. The van der Waals surface area contributed by atoms with E-state index in [4.69, 9.17) is 4.74 Å². The number of ether oxygens (including phenoxy) is 1. The van der Waals surface area contributed by atoms with Crippen molar-refractivity contribution < 1.29 is 9.53 Å². The second-order valence-electron chi connectivity index (χ2n) is 6.73. The van der Waals surface area contributed by atoms with Crippen molar-refractivity contribution in [3.05, 3.63) is 29.1 Å². The molecule has 0 spiro atoms. The van der Waals surface area contributed by atoms with E-state index in [-0.39, 0.29) is 5.91 Å². The molecule has 132 valence electrons. The summed E-state index contributed by atoms with van der Waals surface area (Å²) in [5.74, 6) is 1.57. The van der Waals surface area contributed by atoms with Crippen LogP contribution in [-0.2, 0) is 19.9 Å². The molecule has 0 unspecified atom stereocenters. The van der Waals surface area contributed by atoms with E-state index in [0.29, 0.717) is 23.9 Å². The summed E-state index contributed by atoms with van der Waals surface area (Å²) in [7, 11) is 3.28. The summed E-state index contributed by atoms with van der Waals surface area (Å²) < 4.78 is 6.70. The van der Waals surface area contributed by atoms with Gasteiger partial charge in [-0.25, -0.2) is 0 Å². The minimum absolute atomic E-state index is 0.152. The number of nitrogens with one attached hydrogen (secondary N) is 1. The number of aryl methyl sites for hydroxylation is 3. The summed E-state index contributed by atoms with van der Waals surface area (Å²) in [6, 6.07) is 2.17. The number of hydrogen-bond donors (Lipinski definition) is 1. The van der Waals surface area contributed by atoms with Gasteiger partial charge in [0.15, 0.2) is 5.82 Å². The SMILES string of the molecule is COc1nn(C)cc1C(=O)NCC1CN(c2cc3c(nn2)CCC3)C1. The minimum atomic E-state index is -0.152. The van der Waals surface area contributed by atoms with Crippen molar-refractivity contribution >= 4 is 11.7 Å². The zero-order valence-corrected chi connectivity index (χ0v) is 14.5. The Labute approximate surface area is 146 Å². The van der Waals surface area contributed by atoms with Crippen LogP contribution in [0.5, 0.6) is 5.88 Å². The molecule has 0 atom stereocenters. The zero-order chi connectivity index (χ0) is 17.4. The van der Waals surface area contributed by atoms with Crippen molar-refractivity contribution in [3.8, 4) is 5.88 Å². The second kappa shape index (κ2) is 6.34. The monoisotopic (exact) mass is 342 g/mol. The molecule has 1 aliphatic heterocycles. The Bertz CT molecular complexity index is 796. The molecule has 8 heteroatoms. The molecular weight excluding hydrogens is 320 g/mol. The van der Waals surface area contributed by atoms with E-state index in [1.165, 1.54) is 19.1 Å². The predicted octanol–water partition coefficient (Wildman–Crippen LogP) is 0.574. The largest absolute Gasteiger partial charge is 0.479 e. The van der Waals surface area contributed by atoms with Gasteiger partial charge in [0.05, 0.1) is 12.8 Å². The van der Waals surface area contributed by atoms with Crippen molar-refractivity contribution in [1.29, 1.82) is 0 Å². The molecule has 4 rings (SSSR count). The minimum Gasteiger partial charge on any atom is -0.479 e. The Hall–Kier alpha value is -2.64. The molecule has 2 aromatic rings. The summed E-state index contributed by atoms with van der Waals surface area (Å²) in [5.41, 5.74) is 2.95. The normalized spacial score (nSPS) is 16.5. The molecule has 1 saturated heterocycles. The number of rotatable bonds is 5. The van der Waals surface area contributed by atoms with Crippen LogP contribution in [-0.4, -0.2) is 52.6 Å². The third kappa shape index (κ3) is 3.04. The van der Waals surface area contributed by atoms with Crippen LogP contribution in [0.3, 0.4) is 0 Å². The molecule has 1 N–H and O–H groups in total. The Morgan fingerprint density at radius 1 is 1.36 bits per heavy atom. The third-order valence-corrected chi connectivity index (χ3v) is 4.87. The van der Waals surface area contributed by atoms with Crippen molar-refractivity contribution in [1.82, 2.24) is 25.3 Å². The van der Waals surface area contributed by atoms with Crippen LogP contribution in [0.1, 0.15) is 28.0 Å². The molecule has 25 heavy (non-hydrogen) atoms. The van der Waals surface area contributed by atoms with E-state index < -0.39 is 0 Å². The van der Waals surface area contributed by atoms with Crippen LogP contribution in [0.15, 0.2) is 12.3 Å². The summed E-state index contributed by atoms with van der Waals surface area (Å²) >= 11 is 0. The van der Waals surface area contributed by atoms with Gasteiger partial charge in [-0.2, -0.15) is 5.10 Å². The lowest BCUT2D eigenvalue weighted by Crippen LogP contribution is -2.52. The number of methoxy groups -OCH3 is 1. The van der Waals surface area contributed by atoms with Crippen LogP contribution in [0, 0.1) is 5.92 Å². The van der Waals surface area contributed by atoms with Gasteiger partial charge in [0.2, 0.25) is 5.88 Å². The molecule has 1 fully saturated rings. The maximum absolute atomic E-state index is 12.3. The smallest absolute Gasteiger partial charge is 0.258 e. The van der Waals surface area contributed by atoms with Gasteiger partial charge in [-0.15, -0.1) is 10.2 Å². The van der Waals surface area contributed by atoms with Crippen LogP contribution in [0.4, 0.5) is 5.82 Å². The highest BCUT2D eigenvalue weighted by Gasteiger charge is 2.29. The fraction of sp³-hybridized carbons (Fsp3) is 0.529. The third-order valence-electron chi connectivity index (χ3n) is 4.87. The van der Waals surface area contributed by atoms with Crippen molar-refractivity contribution in [2.75, 3.05) is 31.6 Å². The maximum atomic E-state index is 12.3. The lowest BCUT2D eigenvalue weighted by atomic mass is 10.00. The Morgan fingerprint density at radius 3 is 3.00 bits per heavy atom. The van der Waals surface area contributed by atoms with Gasteiger partial charge in [-0.3, -0.25) is 9.48 Å². The van der Waals surface area contributed by atoms with Gasteiger partial charge < -0.3 is 15.0 Å². The number of amides is 1. The average molecular weight is 342 g/mol. The molecule has 1 aliphatic carbocycles. The molecule has 1 amide bonds. The number of carbonyl (C=O) groups is 1. The zero-order valence-electron chi connectivity index (χ0n) is 14.5. The molecule has 8 nitrogen and oxygen atoms in total. The lowest BCUT2D eigenvalue weighted by Gasteiger charge is -2.40. The molecule has 3 heterocycles. The van der Waals surface area contributed by atoms with E-state index >= 15 is 0 Å². The first kappa shape index (κ1) is 15.9. The lowest BCUT2D eigenvalue weighted by molar-refractivity contribution is 0.0941. The van der Waals surface area contributed by atoms with Gasteiger partial charge in [0.1, 0.15) is 5.56 Å². The Morgan fingerprint density at radius 2 is 2.20 bits per heavy atom. The van der Waals surface area contributed by atoms with Crippen LogP contribution >= 0.6 is 0 Å². The summed E-state index contributed by atoms with van der Waals surface area (Å²) in [6.45, 7) is 2.40. The van der Waals surface area contributed by atoms with Crippen LogP contribution < -0.4 is 15.0 Å². The predicted molar refractivity (Wildman–Crippen MR) is 91.9 cm³/mol. The van der Waals surface area contributed by atoms with Crippen LogP contribution in [0.25, 0.3) is 0 Å². The van der Waals surface area contributed by atoms with Crippen molar-refractivity contribution in [2.45, 2.75) is 19.3 Å². The molecule has 0 bridgehead atoms. The maximum Gasteiger partial charge on any atom is 0.258 e. The van der Waals surface area contributed by atoms with Gasteiger partial charge in [-0.05, 0) is 30.9 Å². The molecule has 0 radical (unpaired) electrons. The fourth-order valence-corrected chi connectivity index (χ4v) is 3.46. The number of fused-ring (bicyclic) bond motifs is 1. The highest BCUT2D eigenvalue weighted by Crippen LogP contribution is 2.27. The van der Waals surface area contributed by atoms with E-state index in [2.05, 4.69) is 31.6 Å². The first-order chi connectivity index (χ1) is 12.1. The molecule has 2 aromatic heterocycles. The standard InChI is InChI=1S/C17H22N6O2/c1-22-10-13(17(21-22)25-2)16(24)18-7-11-8-23(9-11)15-6-12-4-3-5-14(12)19-20-15/h6,10-11H,3-5,7-9H2,1-2H3,(H,18,24). The average Bonchev–Trinajstić information content (AvgIpc) is 3.18. The summed E-state index contributed by atoms with van der Waals surface area (Å²) in [4.78, 5) is 14.5. The van der Waals surface area contributed by atoms with Gasteiger partial charge >= 0.3 is 0 Å².